The molecule has 5 aromatic carbocycles. The molecule has 44 heavy (non-hydrogen) atoms. The SMILES string of the molecule is C1=C(c2ccc(-c3nc4ccccc4c4c3ccc3oc(-c5ccccc5)nc34)cc2)C=C(c2nc3ccccc3s2)CC1. The summed E-state index contributed by atoms with van der Waals surface area (Å²) in [6.45, 7) is 0. The highest BCUT2D eigenvalue weighted by Gasteiger charge is 2.18. The van der Waals surface area contributed by atoms with E-state index < -0.39 is 0 Å². The van der Waals surface area contributed by atoms with Crippen molar-refractivity contribution in [3.05, 3.63) is 138 Å². The Hall–Kier alpha value is -5.39. The molecule has 0 saturated heterocycles. The molecule has 4 nitrogen and oxygen atoms in total. The molecule has 0 saturated carbocycles. The summed E-state index contributed by atoms with van der Waals surface area (Å²) in [5.41, 5.74) is 10.4. The molecular formula is C39H25N3OS. The van der Waals surface area contributed by atoms with E-state index in [9.17, 15) is 0 Å². The van der Waals surface area contributed by atoms with E-state index in [-0.39, 0.29) is 0 Å². The summed E-state index contributed by atoms with van der Waals surface area (Å²) in [5, 5.41) is 4.32. The molecule has 5 heteroatoms. The van der Waals surface area contributed by atoms with Gasteiger partial charge in [0.15, 0.2) is 5.58 Å². The summed E-state index contributed by atoms with van der Waals surface area (Å²) in [7, 11) is 0. The van der Waals surface area contributed by atoms with Crippen LogP contribution in [0, 0.1) is 0 Å². The third-order valence-electron chi connectivity index (χ3n) is 8.41. The quantitative estimate of drug-likeness (QED) is 0.193. The minimum absolute atomic E-state index is 0.624. The Morgan fingerprint density at radius 2 is 1.39 bits per heavy atom. The van der Waals surface area contributed by atoms with E-state index in [4.69, 9.17) is 19.4 Å². The topological polar surface area (TPSA) is 51.8 Å². The van der Waals surface area contributed by atoms with Crippen molar-refractivity contribution in [1.29, 1.82) is 0 Å². The number of rotatable bonds is 4. The third kappa shape index (κ3) is 4.16. The van der Waals surface area contributed by atoms with Gasteiger partial charge in [-0.1, -0.05) is 78.9 Å². The van der Waals surface area contributed by atoms with Crippen molar-refractivity contribution < 1.29 is 4.42 Å². The zero-order valence-electron chi connectivity index (χ0n) is 23.7. The van der Waals surface area contributed by atoms with Crippen LogP contribution in [0.1, 0.15) is 23.4 Å². The van der Waals surface area contributed by atoms with Crippen molar-refractivity contribution in [1.82, 2.24) is 15.0 Å². The van der Waals surface area contributed by atoms with Crippen LogP contribution < -0.4 is 0 Å². The second-order valence-electron chi connectivity index (χ2n) is 11.1. The molecule has 208 valence electrons. The molecule has 0 spiro atoms. The maximum atomic E-state index is 6.25. The van der Waals surface area contributed by atoms with Gasteiger partial charge in [0, 0.05) is 27.3 Å². The molecule has 0 radical (unpaired) electrons. The predicted octanol–water partition coefficient (Wildman–Crippen LogP) is 10.7. The molecule has 8 aromatic rings. The Labute approximate surface area is 257 Å². The van der Waals surface area contributed by atoms with Crippen LogP contribution in [0.5, 0.6) is 0 Å². The summed E-state index contributed by atoms with van der Waals surface area (Å²) in [5.74, 6) is 0.624. The first-order valence-corrected chi connectivity index (χ1v) is 15.6. The molecule has 3 heterocycles. The Bertz CT molecular complexity index is 2400. The second-order valence-corrected chi connectivity index (χ2v) is 12.2. The van der Waals surface area contributed by atoms with Crippen LogP contribution in [-0.2, 0) is 0 Å². The number of fused-ring (bicyclic) bond motifs is 6. The third-order valence-corrected chi connectivity index (χ3v) is 9.52. The van der Waals surface area contributed by atoms with Crippen LogP contribution in [0.2, 0.25) is 0 Å². The largest absolute Gasteiger partial charge is 0.436 e. The minimum Gasteiger partial charge on any atom is -0.436 e. The molecule has 0 N–H and O–H groups in total. The lowest BCUT2D eigenvalue weighted by atomic mass is 9.93. The van der Waals surface area contributed by atoms with E-state index in [1.54, 1.807) is 11.3 Å². The van der Waals surface area contributed by atoms with Crippen molar-refractivity contribution >= 4 is 65.5 Å². The summed E-state index contributed by atoms with van der Waals surface area (Å²) < 4.78 is 7.48. The lowest BCUT2D eigenvalue weighted by Gasteiger charge is -2.14. The van der Waals surface area contributed by atoms with Gasteiger partial charge in [-0.15, -0.1) is 11.3 Å². The molecule has 3 aromatic heterocycles. The number of nitrogens with zero attached hydrogens (tertiary/aromatic N) is 3. The van der Waals surface area contributed by atoms with Crippen LogP contribution >= 0.6 is 11.3 Å². The van der Waals surface area contributed by atoms with Gasteiger partial charge in [-0.05, 0) is 78.1 Å². The van der Waals surface area contributed by atoms with E-state index in [1.165, 1.54) is 21.4 Å². The van der Waals surface area contributed by atoms with Crippen LogP contribution in [0.4, 0.5) is 0 Å². The number of allylic oxidation sites excluding steroid dienone is 4. The van der Waals surface area contributed by atoms with E-state index in [0.29, 0.717) is 5.89 Å². The molecule has 9 rings (SSSR count). The standard InChI is InChI=1S/C39H25N3OS/c1-2-9-26(10-3-1)38-42-37-33(43-38)22-21-30-35(37)29-13-4-5-14-31(29)40-36(30)25-19-17-24(18-20-25)27-11-8-12-28(23-27)39-41-32-15-6-7-16-34(32)44-39/h1-7,9-11,13-23H,8,12H2. The van der Waals surface area contributed by atoms with Crippen LogP contribution in [0.15, 0.2) is 132 Å². The highest BCUT2D eigenvalue weighted by Crippen LogP contribution is 2.39. The smallest absolute Gasteiger partial charge is 0.227 e. The Morgan fingerprint density at radius 1 is 0.614 bits per heavy atom. The van der Waals surface area contributed by atoms with Gasteiger partial charge >= 0.3 is 0 Å². The van der Waals surface area contributed by atoms with Gasteiger partial charge in [0.05, 0.1) is 21.4 Å². The average molecular weight is 584 g/mol. The van der Waals surface area contributed by atoms with Gasteiger partial charge in [0.25, 0.3) is 0 Å². The first-order valence-electron chi connectivity index (χ1n) is 14.8. The van der Waals surface area contributed by atoms with Crippen molar-refractivity contribution in [2.75, 3.05) is 0 Å². The number of thiazole rings is 1. The highest BCUT2D eigenvalue weighted by molar-refractivity contribution is 7.19. The molecule has 0 amide bonds. The highest BCUT2D eigenvalue weighted by atomic mass is 32.1. The minimum atomic E-state index is 0.624. The van der Waals surface area contributed by atoms with E-state index in [2.05, 4.69) is 84.9 Å². The Morgan fingerprint density at radius 3 is 2.25 bits per heavy atom. The van der Waals surface area contributed by atoms with Gasteiger partial charge in [-0.2, -0.15) is 0 Å². The van der Waals surface area contributed by atoms with Crippen LogP contribution in [-0.4, -0.2) is 15.0 Å². The second kappa shape index (κ2) is 10.1. The molecule has 0 unspecified atom stereocenters. The fraction of sp³-hybridized carbons (Fsp3) is 0.0513. The maximum absolute atomic E-state index is 6.25. The normalized spacial score (nSPS) is 13.5. The van der Waals surface area contributed by atoms with E-state index in [1.807, 2.05) is 42.5 Å². The van der Waals surface area contributed by atoms with E-state index in [0.717, 1.165) is 73.0 Å². The summed E-state index contributed by atoms with van der Waals surface area (Å²) >= 11 is 1.78. The molecule has 1 aliphatic rings. The Balaban J connectivity index is 1.14. The molecule has 0 aliphatic heterocycles. The number of aromatic nitrogens is 3. The zero-order chi connectivity index (χ0) is 29.0. The van der Waals surface area contributed by atoms with Gasteiger partial charge in [-0.25, -0.2) is 15.0 Å². The fourth-order valence-electron chi connectivity index (χ4n) is 6.25. The van der Waals surface area contributed by atoms with Gasteiger partial charge < -0.3 is 4.42 Å². The lowest BCUT2D eigenvalue weighted by Crippen LogP contribution is -1.94. The summed E-state index contributed by atoms with van der Waals surface area (Å²) in [6.07, 6.45) is 6.66. The molecule has 0 atom stereocenters. The first kappa shape index (κ1) is 25.1. The molecule has 0 bridgehead atoms. The number of pyridine rings is 1. The maximum Gasteiger partial charge on any atom is 0.227 e. The van der Waals surface area contributed by atoms with Crippen molar-refractivity contribution in [3.63, 3.8) is 0 Å². The first-order chi connectivity index (χ1) is 21.8. The number of oxazole rings is 1. The van der Waals surface area contributed by atoms with Gasteiger partial charge in [-0.3, -0.25) is 0 Å². The Kier molecular flexibility index (Phi) is 5.78. The summed E-state index contributed by atoms with van der Waals surface area (Å²) in [4.78, 5) is 15.1. The molecular weight excluding hydrogens is 559 g/mol. The number of hydrogen-bond acceptors (Lipinski definition) is 5. The average Bonchev–Trinajstić information content (AvgIpc) is 3.74. The number of para-hydroxylation sites is 2. The van der Waals surface area contributed by atoms with Gasteiger partial charge in [0.1, 0.15) is 10.5 Å². The fourth-order valence-corrected chi connectivity index (χ4v) is 7.26. The van der Waals surface area contributed by atoms with E-state index >= 15 is 0 Å². The monoisotopic (exact) mass is 583 g/mol. The lowest BCUT2D eigenvalue weighted by molar-refractivity contribution is 0.620. The zero-order valence-corrected chi connectivity index (χ0v) is 24.5. The predicted molar refractivity (Wildman–Crippen MR) is 182 cm³/mol. The van der Waals surface area contributed by atoms with Crippen molar-refractivity contribution in [2.45, 2.75) is 12.8 Å². The van der Waals surface area contributed by atoms with Crippen LogP contribution in [0.3, 0.4) is 0 Å². The number of hydrogen-bond donors (Lipinski definition) is 0. The van der Waals surface area contributed by atoms with Gasteiger partial charge in [0.2, 0.25) is 5.89 Å². The van der Waals surface area contributed by atoms with Crippen molar-refractivity contribution in [2.24, 2.45) is 0 Å². The van der Waals surface area contributed by atoms with Crippen LogP contribution in [0.25, 0.3) is 76.8 Å². The molecule has 1 aliphatic carbocycles. The number of benzene rings is 5. The summed E-state index contributed by atoms with van der Waals surface area (Å²) in [6, 6.07) is 39.7. The molecule has 0 fully saturated rings. The van der Waals surface area contributed by atoms with Crippen molar-refractivity contribution in [3.8, 4) is 22.7 Å².